The van der Waals surface area contributed by atoms with E-state index in [-0.39, 0.29) is 0 Å². The summed E-state index contributed by atoms with van der Waals surface area (Å²) in [6.45, 7) is 0. The van der Waals surface area contributed by atoms with Gasteiger partial charge in [0.2, 0.25) is 0 Å². The van der Waals surface area contributed by atoms with Crippen LogP contribution in [0.4, 0.5) is 0 Å². The molecule has 0 aliphatic carbocycles. The SMILES string of the molecule is c1n[nH]cc1SCCCCSc1cn[nH]n1. The van der Waals surface area contributed by atoms with Gasteiger partial charge >= 0.3 is 0 Å². The Balaban J connectivity index is 1.49. The minimum atomic E-state index is 0.975. The van der Waals surface area contributed by atoms with Crippen molar-refractivity contribution in [2.75, 3.05) is 11.5 Å². The quantitative estimate of drug-likeness (QED) is 0.586. The fourth-order valence-corrected chi connectivity index (χ4v) is 2.79. The molecule has 5 nitrogen and oxygen atoms in total. The van der Waals surface area contributed by atoms with E-state index in [0.717, 1.165) is 16.5 Å². The van der Waals surface area contributed by atoms with Crippen LogP contribution in [0.25, 0.3) is 0 Å². The molecule has 2 heterocycles. The summed E-state index contributed by atoms with van der Waals surface area (Å²) < 4.78 is 0. The summed E-state index contributed by atoms with van der Waals surface area (Å²) in [6.07, 6.45) is 7.94. The van der Waals surface area contributed by atoms with Crippen molar-refractivity contribution < 1.29 is 0 Å². The van der Waals surface area contributed by atoms with Crippen LogP contribution in [0.5, 0.6) is 0 Å². The molecule has 2 aromatic heterocycles. The Morgan fingerprint density at radius 1 is 1.06 bits per heavy atom. The highest BCUT2D eigenvalue weighted by atomic mass is 32.2. The fourth-order valence-electron chi connectivity index (χ4n) is 1.15. The van der Waals surface area contributed by atoms with Gasteiger partial charge in [0.15, 0.2) is 0 Å². The molecule has 0 saturated carbocycles. The topological polar surface area (TPSA) is 70.2 Å². The van der Waals surface area contributed by atoms with E-state index in [0.29, 0.717) is 0 Å². The average molecular weight is 255 g/mol. The van der Waals surface area contributed by atoms with Crippen molar-refractivity contribution in [3.63, 3.8) is 0 Å². The summed E-state index contributed by atoms with van der Waals surface area (Å²) in [7, 11) is 0. The summed E-state index contributed by atoms with van der Waals surface area (Å²) in [6, 6.07) is 0. The van der Waals surface area contributed by atoms with Gasteiger partial charge in [0, 0.05) is 11.1 Å². The van der Waals surface area contributed by atoms with Gasteiger partial charge < -0.3 is 0 Å². The lowest BCUT2D eigenvalue weighted by Gasteiger charge is -1.98. The molecular formula is C9H13N5S2. The molecule has 2 rings (SSSR count). The highest BCUT2D eigenvalue weighted by Gasteiger charge is 1.97. The van der Waals surface area contributed by atoms with Gasteiger partial charge in [-0.15, -0.1) is 28.6 Å². The summed E-state index contributed by atoms with van der Waals surface area (Å²) >= 11 is 3.58. The molecule has 16 heavy (non-hydrogen) atoms. The Morgan fingerprint density at radius 2 is 1.94 bits per heavy atom. The van der Waals surface area contributed by atoms with E-state index in [2.05, 4.69) is 25.6 Å². The summed E-state index contributed by atoms with van der Waals surface area (Å²) in [5.41, 5.74) is 0. The van der Waals surface area contributed by atoms with Crippen molar-refractivity contribution in [2.24, 2.45) is 0 Å². The Morgan fingerprint density at radius 3 is 2.62 bits per heavy atom. The van der Waals surface area contributed by atoms with Crippen LogP contribution < -0.4 is 0 Å². The number of hydrogen-bond acceptors (Lipinski definition) is 5. The van der Waals surface area contributed by atoms with Gasteiger partial charge in [0.25, 0.3) is 0 Å². The van der Waals surface area contributed by atoms with Gasteiger partial charge in [-0.1, -0.05) is 0 Å². The second-order valence-corrected chi connectivity index (χ2v) is 5.43. The average Bonchev–Trinajstić information content (AvgIpc) is 2.96. The molecule has 0 bridgehead atoms. The molecule has 0 saturated heterocycles. The molecule has 0 radical (unpaired) electrons. The zero-order valence-electron chi connectivity index (χ0n) is 8.72. The lowest BCUT2D eigenvalue weighted by molar-refractivity contribution is 0.895. The highest BCUT2D eigenvalue weighted by molar-refractivity contribution is 7.99. The van der Waals surface area contributed by atoms with Crippen LogP contribution >= 0.6 is 23.5 Å². The zero-order chi connectivity index (χ0) is 11.1. The smallest absolute Gasteiger partial charge is 0.138 e. The lowest BCUT2D eigenvalue weighted by Crippen LogP contribution is -1.84. The number of thioether (sulfide) groups is 2. The number of nitrogens with zero attached hydrogens (tertiary/aromatic N) is 3. The second-order valence-electron chi connectivity index (χ2n) is 3.15. The Kier molecular flexibility index (Phi) is 4.75. The van der Waals surface area contributed by atoms with Gasteiger partial charge in [0.1, 0.15) is 5.03 Å². The molecule has 86 valence electrons. The Hall–Kier alpha value is -0.950. The van der Waals surface area contributed by atoms with Crippen LogP contribution in [0.3, 0.4) is 0 Å². The first kappa shape index (κ1) is 11.5. The van der Waals surface area contributed by atoms with E-state index in [4.69, 9.17) is 0 Å². The molecule has 2 N–H and O–H groups in total. The predicted molar refractivity (Wildman–Crippen MR) is 65.7 cm³/mol. The van der Waals surface area contributed by atoms with E-state index in [9.17, 15) is 0 Å². The third-order valence-electron chi connectivity index (χ3n) is 1.92. The number of unbranched alkanes of at least 4 members (excludes halogenated alkanes) is 1. The van der Waals surface area contributed by atoms with E-state index in [1.54, 1.807) is 18.0 Å². The molecule has 0 amide bonds. The molecule has 0 aliphatic heterocycles. The lowest BCUT2D eigenvalue weighted by atomic mass is 10.4. The summed E-state index contributed by atoms with van der Waals surface area (Å²) in [4.78, 5) is 1.21. The van der Waals surface area contributed by atoms with Gasteiger partial charge in [-0.2, -0.15) is 15.4 Å². The summed E-state index contributed by atoms with van der Waals surface area (Å²) in [5, 5.41) is 18.0. The van der Waals surface area contributed by atoms with Crippen LogP contribution in [0, 0.1) is 0 Å². The van der Waals surface area contributed by atoms with E-state index in [1.165, 1.54) is 17.7 Å². The maximum absolute atomic E-state index is 3.98. The molecule has 0 unspecified atom stereocenters. The number of aromatic nitrogens is 5. The number of hydrogen-bond donors (Lipinski definition) is 2. The van der Waals surface area contributed by atoms with Crippen LogP contribution in [0.2, 0.25) is 0 Å². The van der Waals surface area contributed by atoms with E-state index in [1.807, 2.05) is 24.2 Å². The van der Waals surface area contributed by atoms with Crippen LogP contribution in [0.1, 0.15) is 12.8 Å². The van der Waals surface area contributed by atoms with Crippen molar-refractivity contribution >= 4 is 23.5 Å². The third-order valence-corrected chi connectivity index (χ3v) is 3.96. The van der Waals surface area contributed by atoms with Gasteiger partial charge in [0.05, 0.1) is 12.4 Å². The summed E-state index contributed by atoms with van der Waals surface area (Å²) in [5.74, 6) is 2.23. The van der Waals surface area contributed by atoms with E-state index >= 15 is 0 Å². The monoisotopic (exact) mass is 255 g/mol. The van der Waals surface area contributed by atoms with Crippen LogP contribution in [-0.2, 0) is 0 Å². The van der Waals surface area contributed by atoms with Gasteiger partial charge in [-0.25, -0.2) is 0 Å². The number of rotatable bonds is 7. The van der Waals surface area contributed by atoms with Crippen LogP contribution in [0.15, 0.2) is 28.5 Å². The maximum atomic E-state index is 3.98. The predicted octanol–water partition coefficient (Wildman–Crippen LogP) is 2.19. The molecule has 0 atom stereocenters. The van der Waals surface area contributed by atoms with Crippen LogP contribution in [-0.4, -0.2) is 37.1 Å². The van der Waals surface area contributed by atoms with Crippen molar-refractivity contribution in [1.29, 1.82) is 0 Å². The minimum Gasteiger partial charge on any atom is -0.285 e. The largest absolute Gasteiger partial charge is 0.285 e. The maximum Gasteiger partial charge on any atom is 0.138 e. The molecule has 7 heteroatoms. The highest BCUT2D eigenvalue weighted by Crippen LogP contribution is 2.19. The van der Waals surface area contributed by atoms with Crippen molar-refractivity contribution in [1.82, 2.24) is 25.6 Å². The Labute approximate surface area is 102 Å². The first-order valence-corrected chi connectivity index (χ1v) is 7.02. The van der Waals surface area contributed by atoms with Gasteiger partial charge in [-0.05, 0) is 24.3 Å². The molecule has 0 fully saturated rings. The molecule has 0 aromatic carbocycles. The van der Waals surface area contributed by atoms with Gasteiger partial charge in [-0.3, -0.25) is 5.10 Å². The molecule has 0 spiro atoms. The normalized spacial score (nSPS) is 10.8. The first-order chi connectivity index (χ1) is 7.95. The number of nitrogens with one attached hydrogen (secondary N) is 2. The van der Waals surface area contributed by atoms with Crippen molar-refractivity contribution in [3.05, 3.63) is 18.6 Å². The number of H-pyrrole nitrogens is 2. The van der Waals surface area contributed by atoms with Crippen molar-refractivity contribution in [2.45, 2.75) is 22.8 Å². The standard InChI is InChI=1S/C9H13N5S2/c1(3-15-8-5-10-11-6-8)2-4-16-9-7-12-14-13-9/h5-7H,1-4H2,(H,10,11)(H,12,13,14). The molecular weight excluding hydrogens is 242 g/mol. The minimum absolute atomic E-state index is 0.975. The third kappa shape index (κ3) is 3.90. The first-order valence-electron chi connectivity index (χ1n) is 5.05. The number of aromatic amines is 2. The zero-order valence-corrected chi connectivity index (χ0v) is 10.4. The molecule has 0 aliphatic rings. The fraction of sp³-hybridized carbons (Fsp3) is 0.444. The Bertz CT molecular complexity index is 334. The molecule has 2 aromatic rings. The second kappa shape index (κ2) is 6.59. The van der Waals surface area contributed by atoms with Crippen molar-refractivity contribution in [3.8, 4) is 0 Å². The van der Waals surface area contributed by atoms with E-state index < -0.39 is 0 Å².